The highest BCUT2D eigenvalue weighted by atomic mass is 79.9. The van der Waals surface area contributed by atoms with Gasteiger partial charge in [-0.15, -0.1) is 28.7 Å². The van der Waals surface area contributed by atoms with Crippen LogP contribution < -0.4 is 0 Å². The maximum Gasteiger partial charge on any atom is 0.162 e. The van der Waals surface area contributed by atoms with Gasteiger partial charge in [0.25, 0.3) is 0 Å². The van der Waals surface area contributed by atoms with Gasteiger partial charge in [-0.2, -0.15) is 0 Å². The van der Waals surface area contributed by atoms with Crippen LogP contribution in [0.25, 0.3) is 0 Å². The molecule has 2 heterocycles. The summed E-state index contributed by atoms with van der Waals surface area (Å²) in [6.45, 7) is 3.01. The van der Waals surface area contributed by atoms with Crippen molar-refractivity contribution < 1.29 is 9.18 Å². The molecule has 0 aromatic heterocycles. The van der Waals surface area contributed by atoms with Gasteiger partial charge in [0.15, 0.2) is 5.78 Å². The van der Waals surface area contributed by atoms with Gasteiger partial charge in [-0.05, 0) is 92.0 Å². The first-order chi connectivity index (χ1) is 16.0. The third-order valence-electron chi connectivity index (χ3n) is 6.96. The van der Waals surface area contributed by atoms with Gasteiger partial charge in [0, 0.05) is 21.8 Å². The number of hydrogen-bond acceptors (Lipinski definition) is 3. The van der Waals surface area contributed by atoms with Crippen molar-refractivity contribution in [3.05, 3.63) is 106 Å². The van der Waals surface area contributed by atoms with Crippen molar-refractivity contribution in [2.24, 2.45) is 0 Å². The van der Waals surface area contributed by atoms with Crippen LogP contribution in [-0.4, -0.2) is 30.3 Å². The molecular weight excluding hydrogens is 533 g/mol. The van der Waals surface area contributed by atoms with Crippen molar-refractivity contribution in [2.45, 2.75) is 35.7 Å². The van der Waals surface area contributed by atoms with E-state index in [4.69, 9.17) is 11.6 Å². The van der Waals surface area contributed by atoms with E-state index in [9.17, 15) is 9.18 Å². The quantitative estimate of drug-likeness (QED) is 0.286. The zero-order valence-electron chi connectivity index (χ0n) is 18.9. The van der Waals surface area contributed by atoms with Crippen molar-refractivity contribution in [1.29, 1.82) is 0 Å². The first-order valence-electron chi connectivity index (χ1n) is 11.6. The molecule has 3 aromatic rings. The largest absolute Gasteiger partial charge is 0.303 e. The van der Waals surface area contributed by atoms with Crippen LogP contribution in [0.1, 0.15) is 58.0 Å². The topological polar surface area (TPSA) is 20.3 Å². The van der Waals surface area contributed by atoms with Crippen LogP contribution in [0.5, 0.6) is 0 Å². The third kappa shape index (κ3) is 5.28. The maximum atomic E-state index is 13.1. The summed E-state index contributed by atoms with van der Waals surface area (Å²) in [6, 6.07) is 23.1. The van der Waals surface area contributed by atoms with E-state index in [0.29, 0.717) is 17.2 Å². The lowest BCUT2D eigenvalue weighted by Gasteiger charge is -2.39. The van der Waals surface area contributed by atoms with E-state index in [2.05, 4.69) is 53.1 Å². The number of benzene rings is 3. The molecule has 2 nitrogen and oxygen atoms in total. The van der Waals surface area contributed by atoms with Crippen LogP contribution >= 0.6 is 40.3 Å². The zero-order chi connectivity index (χ0) is 22.8. The number of carbonyl (C=O) groups is 1. The van der Waals surface area contributed by atoms with Crippen molar-refractivity contribution in [2.75, 3.05) is 19.6 Å². The zero-order valence-corrected chi connectivity index (χ0v) is 22.2. The minimum Gasteiger partial charge on any atom is -0.303 e. The molecule has 0 amide bonds. The molecule has 2 aliphatic heterocycles. The Kier molecular flexibility index (Phi) is 8.19. The molecule has 34 heavy (non-hydrogen) atoms. The van der Waals surface area contributed by atoms with Gasteiger partial charge in [-0.1, -0.05) is 48.0 Å². The Hall–Kier alpha value is -1.66. The van der Waals surface area contributed by atoms with Crippen LogP contribution in [0.2, 0.25) is 5.02 Å². The van der Waals surface area contributed by atoms with Crippen molar-refractivity contribution in [3.8, 4) is 0 Å². The molecular formula is C28H28BrClFNOS. The SMILES string of the molecule is Br.O=C(CCCN1CCC2(CC1)SC(c1ccc(Cl)cc1)c1ccccc12)c1ccc(F)cc1. The fourth-order valence-corrected chi connectivity index (χ4v) is 7.08. The summed E-state index contributed by atoms with van der Waals surface area (Å²) < 4.78 is 13.2. The number of likely N-dealkylation sites (tertiary alicyclic amines) is 1. The molecule has 1 unspecified atom stereocenters. The van der Waals surface area contributed by atoms with Crippen LogP contribution in [-0.2, 0) is 4.75 Å². The number of carbonyl (C=O) groups excluding carboxylic acids is 1. The standard InChI is InChI=1S/C28H27ClFNOS.BrH/c29-22-11-7-21(8-12-22)27-24-4-1-2-5-25(24)28(33-27)15-18-31(19-16-28)17-3-6-26(32)20-9-13-23(30)14-10-20;/h1-2,4-5,7-14,27H,3,6,15-19H2;1H. The predicted octanol–water partition coefficient (Wildman–Crippen LogP) is 7.85. The molecule has 1 spiro atoms. The maximum absolute atomic E-state index is 13.1. The number of rotatable bonds is 6. The highest BCUT2D eigenvalue weighted by Crippen LogP contribution is 2.61. The average Bonchev–Trinajstić information content (AvgIpc) is 3.15. The number of ketones is 1. The second kappa shape index (κ2) is 10.9. The monoisotopic (exact) mass is 559 g/mol. The Morgan fingerprint density at radius 2 is 1.68 bits per heavy atom. The van der Waals surface area contributed by atoms with Crippen molar-refractivity contribution in [1.82, 2.24) is 4.90 Å². The normalized spacial score (nSPS) is 18.9. The Morgan fingerprint density at radius 3 is 2.38 bits per heavy atom. The molecule has 0 radical (unpaired) electrons. The fourth-order valence-electron chi connectivity index (χ4n) is 5.15. The van der Waals surface area contributed by atoms with E-state index in [1.165, 1.54) is 28.8 Å². The molecule has 1 atom stereocenters. The molecule has 5 rings (SSSR count). The first-order valence-corrected chi connectivity index (χ1v) is 12.8. The van der Waals surface area contributed by atoms with Gasteiger partial charge in [-0.3, -0.25) is 4.79 Å². The molecule has 2 aliphatic rings. The van der Waals surface area contributed by atoms with Crippen LogP contribution in [0.15, 0.2) is 72.8 Å². The van der Waals surface area contributed by atoms with E-state index in [0.717, 1.165) is 43.9 Å². The van der Waals surface area contributed by atoms with Gasteiger partial charge >= 0.3 is 0 Å². The van der Waals surface area contributed by atoms with Crippen LogP contribution in [0, 0.1) is 5.82 Å². The van der Waals surface area contributed by atoms with E-state index < -0.39 is 0 Å². The molecule has 178 valence electrons. The summed E-state index contributed by atoms with van der Waals surface area (Å²) >= 11 is 8.23. The molecule has 3 aromatic carbocycles. The summed E-state index contributed by atoms with van der Waals surface area (Å²) in [5.41, 5.74) is 4.83. The van der Waals surface area contributed by atoms with Gasteiger partial charge < -0.3 is 4.90 Å². The Bertz CT molecular complexity index is 1130. The number of fused-ring (bicyclic) bond motifs is 2. The molecule has 1 fully saturated rings. The van der Waals surface area contributed by atoms with Gasteiger partial charge in [0.05, 0.1) is 5.25 Å². The fraction of sp³-hybridized carbons (Fsp3) is 0.321. The van der Waals surface area contributed by atoms with Gasteiger partial charge in [0.2, 0.25) is 0 Å². The number of Topliss-reactive ketones (excluding diaryl/α,β-unsaturated/α-hetero) is 1. The molecule has 6 heteroatoms. The van der Waals surface area contributed by atoms with Gasteiger partial charge in [0.1, 0.15) is 5.82 Å². The molecule has 1 saturated heterocycles. The summed E-state index contributed by atoms with van der Waals surface area (Å²) in [6.07, 6.45) is 3.57. The van der Waals surface area contributed by atoms with E-state index in [-0.39, 0.29) is 33.3 Å². The lowest BCUT2D eigenvalue weighted by Crippen LogP contribution is -2.40. The highest BCUT2D eigenvalue weighted by Gasteiger charge is 2.46. The number of halogens is 3. The summed E-state index contributed by atoms with van der Waals surface area (Å²) in [7, 11) is 0. The molecule has 0 aliphatic carbocycles. The Labute approximate surface area is 220 Å². The van der Waals surface area contributed by atoms with E-state index in [1.54, 1.807) is 12.1 Å². The van der Waals surface area contributed by atoms with Crippen LogP contribution in [0.4, 0.5) is 4.39 Å². The minimum absolute atomic E-state index is 0. The molecule has 0 bridgehead atoms. The lowest BCUT2D eigenvalue weighted by molar-refractivity contribution is 0.0971. The second-order valence-electron chi connectivity index (χ2n) is 9.01. The molecule has 0 N–H and O–H groups in total. The highest BCUT2D eigenvalue weighted by molar-refractivity contribution is 8.93. The smallest absolute Gasteiger partial charge is 0.162 e. The second-order valence-corrected chi connectivity index (χ2v) is 10.9. The predicted molar refractivity (Wildman–Crippen MR) is 145 cm³/mol. The Morgan fingerprint density at radius 1 is 1.00 bits per heavy atom. The lowest BCUT2D eigenvalue weighted by atomic mass is 9.84. The van der Waals surface area contributed by atoms with Crippen molar-refractivity contribution in [3.63, 3.8) is 0 Å². The van der Waals surface area contributed by atoms with Crippen LogP contribution in [0.3, 0.4) is 0 Å². The first kappa shape index (κ1) is 25.4. The number of piperidine rings is 1. The van der Waals surface area contributed by atoms with E-state index >= 15 is 0 Å². The molecule has 0 saturated carbocycles. The van der Waals surface area contributed by atoms with Gasteiger partial charge in [-0.25, -0.2) is 4.39 Å². The number of nitrogens with zero attached hydrogens (tertiary/aromatic N) is 1. The number of hydrogen-bond donors (Lipinski definition) is 0. The number of thioether (sulfide) groups is 1. The minimum atomic E-state index is -0.307. The third-order valence-corrected chi connectivity index (χ3v) is 9.05. The average molecular weight is 561 g/mol. The summed E-state index contributed by atoms with van der Waals surface area (Å²) in [5.74, 6) is -0.215. The Balaban J connectivity index is 0.00000274. The summed E-state index contributed by atoms with van der Waals surface area (Å²) in [5, 5.41) is 1.12. The summed E-state index contributed by atoms with van der Waals surface area (Å²) in [4.78, 5) is 14.9. The van der Waals surface area contributed by atoms with Crippen molar-refractivity contribution >= 4 is 46.1 Å². The van der Waals surface area contributed by atoms with E-state index in [1.807, 2.05) is 12.1 Å².